The number of fused-ring (bicyclic) bond motifs is 1. The lowest BCUT2D eigenvalue weighted by Gasteiger charge is -2.42. The number of nitrogens with zero attached hydrogens (tertiary/aromatic N) is 3. The summed E-state index contributed by atoms with van der Waals surface area (Å²) < 4.78 is 4.75. The van der Waals surface area contributed by atoms with Gasteiger partial charge in [0.25, 0.3) is 5.91 Å². The largest absolute Gasteiger partial charge is 0.494 e. The Labute approximate surface area is 287 Å². The lowest BCUT2D eigenvalue weighted by atomic mass is 9.65. The first-order valence-corrected chi connectivity index (χ1v) is 17.7. The van der Waals surface area contributed by atoms with Gasteiger partial charge in [0.05, 0.1) is 46.5 Å². The summed E-state index contributed by atoms with van der Waals surface area (Å²) in [5.74, 6) is -1.25. The molecule has 1 spiro atoms. The van der Waals surface area contributed by atoms with Gasteiger partial charge in [-0.2, -0.15) is 0 Å². The molecule has 3 fully saturated rings. The van der Waals surface area contributed by atoms with Gasteiger partial charge in [0.15, 0.2) is 0 Å². The Morgan fingerprint density at radius 3 is 2.36 bits per heavy atom. The number of ether oxygens (including phenoxy) is 1. The maximum absolute atomic E-state index is 15.1. The van der Waals surface area contributed by atoms with E-state index in [0.717, 1.165) is 0 Å². The molecule has 3 heterocycles. The minimum absolute atomic E-state index is 0.0389. The van der Waals surface area contributed by atoms with Crippen LogP contribution >= 0.6 is 23.4 Å². The van der Waals surface area contributed by atoms with Crippen LogP contribution in [0.4, 0.5) is 11.4 Å². The van der Waals surface area contributed by atoms with Gasteiger partial charge in [-0.25, -0.2) is 0 Å². The van der Waals surface area contributed by atoms with Crippen LogP contribution in [-0.2, 0) is 14.4 Å². The van der Waals surface area contributed by atoms with Crippen molar-refractivity contribution in [1.29, 1.82) is 0 Å². The lowest BCUT2D eigenvalue weighted by Crippen LogP contribution is -2.59. The molecular formula is C37H46ClN3O5S. The van der Waals surface area contributed by atoms with E-state index in [1.165, 1.54) is 0 Å². The number of thioether (sulfide) groups is 1. The number of carbonyl (C=O) groups excluding carboxylic acids is 3. The van der Waals surface area contributed by atoms with Gasteiger partial charge >= 0.3 is 0 Å². The van der Waals surface area contributed by atoms with Crippen molar-refractivity contribution >= 4 is 52.5 Å². The molecule has 3 unspecified atom stereocenters. The van der Waals surface area contributed by atoms with Gasteiger partial charge in [-0.3, -0.25) is 14.4 Å². The number of benzene rings is 2. The van der Waals surface area contributed by atoms with E-state index in [2.05, 4.69) is 20.1 Å². The molecule has 7 atom stereocenters. The molecule has 3 amide bonds. The van der Waals surface area contributed by atoms with Crippen molar-refractivity contribution in [2.24, 2.45) is 23.7 Å². The molecule has 8 nitrogen and oxygen atoms in total. The molecule has 5 rings (SSSR count). The summed E-state index contributed by atoms with van der Waals surface area (Å²) in [6.07, 6.45) is 4.53. The number of amides is 3. The summed E-state index contributed by atoms with van der Waals surface area (Å²) in [6.45, 7) is 16.6. The molecule has 3 aliphatic heterocycles. The van der Waals surface area contributed by atoms with E-state index in [4.69, 9.17) is 16.3 Å². The fraction of sp³-hybridized carbons (Fsp3) is 0.486. The quantitative estimate of drug-likeness (QED) is 0.239. The van der Waals surface area contributed by atoms with E-state index in [1.54, 1.807) is 56.8 Å². The van der Waals surface area contributed by atoms with Gasteiger partial charge in [-0.05, 0) is 68.0 Å². The highest BCUT2D eigenvalue weighted by Gasteiger charge is 2.77. The summed E-state index contributed by atoms with van der Waals surface area (Å²) in [7, 11) is 0. The van der Waals surface area contributed by atoms with Crippen LogP contribution in [0, 0.1) is 23.7 Å². The molecular weight excluding hydrogens is 634 g/mol. The number of halogens is 1. The molecule has 3 saturated heterocycles. The Morgan fingerprint density at radius 2 is 1.77 bits per heavy atom. The van der Waals surface area contributed by atoms with E-state index in [9.17, 15) is 14.7 Å². The second-order valence-electron chi connectivity index (χ2n) is 13.1. The molecule has 47 heavy (non-hydrogen) atoms. The number of aliphatic hydroxyl groups excluding tert-OH is 1. The van der Waals surface area contributed by atoms with Gasteiger partial charge in [0.1, 0.15) is 11.8 Å². The lowest BCUT2D eigenvalue weighted by molar-refractivity contribution is -0.142. The second-order valence-corrected chi connectivity index (χ2v) is 15.1. The monoisotopic (exact) mass is 679 g/mol. The Balaban J connectivity index is 1.62. The summed E-state index contributed by atoms with van der Waals surface area (Å²) in [5, 5.41) is 11.0. The minimum atomic E-state index is -0.909. The van der Waals surface area contributed by atoms with Crippen molar-refractivity contribution in [2.45, 2.75) is 62.6 Å². The van der Waals surface area contributed by atoms with Crippen molar-refractivity contribution in [3.63, 3.8) is 0 Å². The Kier molecular flexibility index (Phi) is 10.8. The van der Waals surface area contributed by atoms with E-state index in [1.807, 2.05) is 51.1 Å². The molecule has 10 heteroatoms. The third kappa shape index (κ3) is 6.11. The first-order chi connectivity index (χ1) is 22.5. The molecule has 2 aromatic carbocycles. The number of aliphatic hydroxyl groups is 1. The van der Waals surface area contributed by atoms with Gasteiger partial charge in [-0.1, -0.05) is 56.7 Å². The average molecular weight is 680 g/mol. The zero-order chi connectivity index (χ0) is 34.0. The number of hydrogen-bond donors (Lipinski definition) is 1. The van der Waals surface area contributed by atoms with Crippen molar-refractivity contribution < 1.29 is 24.2 Å². The average Bonchev–Trinajstić information content (AvgIpc) is 3.65. The molecule has 0 saturated carbocycles. The van der Waals surface area contributed by atoms with Crippen LogP contribution < -0.4 is 14.5 Å². The molecule has 3 aliphatic rings. The van der Waals surface area contributed by atoms with Crippen LogP contribution in [0.25, 0.3) is 0 Å². The van der Waals surface area contributed by atoms with Gasteiger partial charge in [0.2, 0.25) is 11.8 Å². The molecule has 2 bridgehead atoms. The van der Waals surface area contributed by atoms with E-state index in [-0.39, 0.29) is 54.5 Å². The number of para-hydroxylation sites is 1. The topological polar surface area (TPSA) is 90.4 Å². The Bertz CT molecular complexity index is 1500. The third-order valence-electron chi connectivity index (χ3n) is 9.81. The number of hydrogen-bond acceptors (Lipinski definition) is 6. The number of likely N-dealkylation sites (tertiary alicyclic amines) is 1. The van der Waals surface area contributed by atoms with E-state index in [0.29, 0.717) is 41.6 Å². The molecule has 0 aromatic heterocycles. The van der Waals surface area contributed by atoms with Crippen molar-refractivity contribution in [3.05, 3.63) is 78.9 Å². The van der Waals surface area contributed by atoms with Gasteiger partial charge in [0, 0.05) is 24.0 Å². The van der Waals surface area contributed by atoms with Crippen LogP contribution in [0.5, 0.6) is 5.75 Å². The smallest absolute Gasteiger partial charge is 0.251 e. The molecule has 2 aromatic rings. The third-order valence-corrected chi connectivity index (χ3v) is 12.2. The van der Waals surface area contributed by atoms with Crippen LogP contribution in [0.1, 0.15) is 40.5 Å². The maximum atomic E-state index is 15.1. The van der Waals surface area contributed by atoms with Crippen molar-refractivity contribution in [2.75, 3.05) is 36.1 Å². The number of anilines is 2. The Hall–Kier alpha value is -3.27. The maximum Gasteiger partial charge on any atom is 0.251 e. The summed E-state index contributed by atoms with van der Waals surface area (Å²) in [4.78, 5) is 49.6. The highest BCUT2D eigenvalue weighted by molar-refractivity contribution is 8.02. The molecule has 252 valence electrons. The zero-order valence-corrected chi connectivity index (χ0v) is 29.3. The van der Waals surface area contributed by atoms with Crippen LogP contribution in [0.15, 0.2) is 73.8 Å². The summed E-state index contributed by atoms with van der Waals surface area (Å²) >= 11 is 8.26. The van der Waals surface area contributed by atoms with Gasteiger partial charge in [-0.15, -0.1) is 24.9 Å². The second kappa shape index (κ2) is 14.5. The summed E-state index contributed by atoms with van der Waals surface area (Å²) in [6, 6.07) is 13.0. The van der Waals surface area contributed by atoms with Crippen molar-refractivity contribution in [3.8, 4) is 5.75 Å². The molecule has 1 N–H and O–H groups in total. The Morgan fingerprint density at radius 1 is 1.11 bits per heavy atom. The summed E-state index contributed by atoms with van der Waals surface area (Å²) in [5.41, 5.74) is 1.22. The van der Waals surface area contributed by atoms with Gasteiger partial charge < -0.3 is 24.5 Å². The van der Waals surface area contributed by atoms with Crippen molar-refractivity contribution in [1.82, 2.24) is 4.90 Å². The molecule has 0 radical (unpaired) electrons. The standard InChI is InChI=1S/C37H46ClN3O5S/c1-7-18-39(25-14-16-27(17-15-25)46-9-3)34(43)31-30-21-24(6)37(47-30)32(31)35(44)41(26(22-42)20-23(4)5)33(37)36(45)40(19-8-2)29-13-11-10-12-28(29)38/h7-8,10-17,23-24,26,30-33,42H,1-2,9,18-22H2,3-6H3/t24?,26-,30-,31+,32+,33?,37?/m1/s1. The predicted molar refractivity (Wildman–Crippen MR) is 190 cm³/mol. The van der Waals surface area contributed by atoms with Crippen LogP contribution in [0.3, 0.4) is 0 Å². The van der Waals surface area contributed by atoms with Crippen LogP contribution in [0.2, 0.25) is 5.02 Å². The highest BCUT2D eigenvalue weighted by Crippen LogP contribution is 2.69. The predicted octanol–water partition coefficient (Wildman–Crippen LogP) is 6.22. The number of carbonyl (C=O) groups is 3. The fourth-order valence-corrected chi connectivity index (χ4v) is 10.6. The first-order valence-electron chi connectivity index (χ1n) is 16.5. The van der Waals surface area contributed by atoms with E-state index < -0.39 is 28.7 Å². The minimum Gasteiger partial charge on any atom is -0.494 e. The molecule has 0 aliphatic carbocycles. The fourth-order valence-electron chi connectivity index (χ4n) is 8.01. The van der Waals surface area contributed by atoms with Crippen LogP contribution in [-0.4, -0.2) is 76.1 Å². The zero-order valence-electron chi connectivity index (χ0n) is 27.7. The normalized spacial score (nSPS) is 26.7. The van der Waals surface area contributed by atoms with E-state index >= 15 is 4.79 Å². The SMILES string of the molecule is C=CCN(C(=O)[C@@H]1[C@H]2C(=O)N([C@@H](CO)CC(C)C)C(C(=O)N(CC=C)c3ccccc3Cl)C23S[C@@H]1CC3C)c1ccc(OCC)cc1. The number of rotatable bonds is 14. The first kappa shape index (κ1) is 35.0. The highest BCUT2D eigenvalue weighted by atomic mass is 35.5.